The highest BCUT2D eigenvalue weighted by molar-refractivity contribution is 7.92. The number of benzene rings is 4. The van der Waals surface area contributed by atoms with Crippen molar-refractivity contribution in [1.29, 1.82) is 0 Å². The van der Waals surface area contributed by atoms with Gasteiger partial charge in [-0.05, 0) is 91.7 Å². The van der Waals surface area contributed by atoms with Crippen molar-refractivity contribution in [1.82, 2.24) is 0 Å². The molecule has 0 bridgehead atoms. The van der Waals surface area contributed by atoms with Crippen LogP contribution in [-0.4, -0.2) is 29.0 Å². The quantitative estimate of drug-likeness (QED) is 0.273. The molecule has 4 rings (SSSR count). The normalized spacial score (nSPS) is 11.6. The molecule has 4 aromatic rings. The second-order valence-electron chi connectivity index (χ2n) is 9.35. The summed E-state index contributed by atoms with van der Waals surface area (Å²) in [5.74, 6) is -0.879. The van der Waals surface area contributed by atoms with Gasteiger partial charge in [-0.3, -0.25) is 13.8 Å². The van der Waals surface area contributed by atoms with Crippen LogP contribution in [0.2, 0.25) is 0 Å². The first-order valence-corrected chi connectivity index (χ1v) is 15.5. The van der Waals surface area contributed by atoms with Gasteiger partial charge in [-0.2, -0.15) is 0 Å². The van der Waals surface area contributed by atoms with Gasteiger partial charge in [-0.1, -0.05) is 29.8 Å². The number of sulfonamides is 2. The smallest absolute Gasteiger partial charge is 0.261 e. The van der Waals surface area contributed by atoms with E-state index in [1.54, 1.807) is 6.07 Å². The van der Waals surface area contributed by atoms with Crippen molar-refractivity contribution in [2.45, 2.75) is 25.3 Å². The van der Waals surface area contributed by atoms with Crippen molar-refractivity contribution in [3.8, 4) is 0 Å². The van der Waals surface area contributed by atoms with Gasteiger partial charge < -0.3 is 5.32 Å². The minimum Gasteiger partial charge on any atom is -0.322 e. The highest BCUT2D eigenvalue weighted by Gasteiger charge is 2.19. The first kappa shape index (κ1) is 28.8. The van der Waals surface area contributed by atoms with Crippen molar-refractivity contribution >= 4 is 43.0 Å². The lowest BCUT2D eigenvalue weighted by molar-refractivity contribution is 0.102. The topological polar surface area (TPSA) is 113 Å². The van der Waals surface area contributed by atoms with Crippen LogP contribution in [0.1, 0.15) is 27.0 Å². The zero-order chi connectivity index (χ0) is 29.1. The monoisotopic (exact) mass is 581 g/mol. The Kier molecular flexibility index (Phi) is 8.26. The van der Waals surface area contributed by atoms with E-state index < -0.39 is 31.8 Å². The van der Waals surface area contributed by atoms with Crippen molar-refractivity contribution in [2.75, 3.05) is 20.6 Å². The lowest BCUT2D eigenvalue weighted by Gasteiger charge is -2.22. The lowest BCUT2D eigenvalue weighted by Crippen LogP contribution is -2.29. The van der Waals surface area contributed by atoms with Crippen molar-refractivity contribution in [2.24, 2.45) is 0 Å². The van der Waals surface area contributed by atoms with Crippen LogP contribution in [0.15, 0.2) is 95.9 Å². The molecule has 40 heavy (non-hydrogen) atoms. The Morgan fingerprint density at radius 2 is 1.45 bits per heavy atom. The van der Waals surface area contributed by atoms with Gasteiger partial charge in [0.05, 0.1) is 29.1 Å². The maximum Gasteiger partial charge on any atom is 0.261 e. The number of amides is 1. The van der Waals surface area contributed by atoms with E-state index in [-0.39, 0.29) is 17.0 Å². The number of hydrogen-bond donors (Lipinski definition) is 2. The van der Waals surface area contributed by atoms with E-state index in [4.69, 9.17) is 0 Å². The van der Waals surface area contributed by atoms with Crippen molar-refractivity contribution in [3.63, 3.8) is 0 Å². The summed E-state index contributed by atoms with van der Waals surface area (Å²) in [6.45, 7) is 3.74. The molecule has 0 atom stereocenters. The average molecular weight is 582 g/mol. The highest BCUT2D eigenvalue weighted by atomic mass is 32.2. The summed E-state index contributed by atoms with van der Waals surface area (Å²) < 4.78 is 67.5. The maximum atomic E-state index is 13.2. The Balaban J connectivity index is 1.45. The molecule has 0 aromatic heterocycles. The van der Waals surface area contributed by atoms with Crippen LogP contribution in [0, 0.1) is 19.7 Å². The van der Waals surface area contributed by atoms with E-state index >= 15 is 0 Å². The third-order valence-electron chi connectivity index (χ3n) is 6.11. The molecule has 0 radical (unpaired) electrons. The molecule has 0 aliphatic carbocycles. The number of hydrogen-bond acceptors (Lipinski definition) is 5. The predicted molar refractivity (Wildman–Crippen MR) is 155 cm³/mol. The fraction of sp³-hybridized carbons (Fsp3) is 0.138. The third kappa shape index (κ3) is 7.04. The molecule has 0 heterocycles. The minimum atomic E-state index is -3.83. The predicted octanol–water partition coefficient (Wildman–Crippen LogP) is 5.46. The Hall–Kier alpha value is -4.22. The number of halogens is 1. The lowest BCUT2D eigenvalue weighted by atomic mass is 10.1. The van der Waals surface area contributed by atoms with Gasteiger partial charge in [0.25, 0.3) is 15.9 Å². The van der Waals surface area contributed by atoms with E-state index in [0.29, 0.717) is 22.6 Å². The standard InChI is InChI=1S/C29H28FN3O5S2/c1-20-4-17-28(21(2)18-20)32-40(37,38)27-15-11-25(12-16-27)31-29(34)23-7-13-26(14-8-23)33(39(3,35)36)19-22-5-9-24(30)10-6-22/h4-18,32H,19H2,1-3H3,(H,31,34). The SMILES string of the molecule is Cc1ccc(NS(=O)(=O)c2ccc(NC(=O)c3ccc(N(Cc4ccc(F)cc4)S(C)(=O)=O)cc3)cc2)c(C)c1. The molecule has 4 aromatic carbocycles. The van der Waals surface area contributed by atoms with Gasteiger partial charge in [0, 0.05) is 11.3 Å². The maximum absolute atomic E-state index is 13.2. The minimum absolute atomic E-state index is 0.00173. The average Bonchev–Trinajstić information content (AvgIpc) is 2.90. The van der Waals surface area contributed by atoms with Gasteiger partial charge in [0.2, 0.25) is 10.0 Å². The van der Waals surface area contributed by atoms with Crippen LogP contribution in [0.5, 0.6) is 0 Å². The zero-order valence-corrected chi connectivity index (χ0v) is 23.7. The molecule has 0 saturated heterocycles. The van der Waals surface area contributed by atoms with E-state index in [0.717, 1.165) is 21.7 Å². The number of aryl methyl sites for hydroxylation is 2. The van der Waals surface area contributed by atoms with Crippen LogP contribution >= 0.6 is 0 Å². The number of anilines is 3. The summed E-state index contributed by atoms with van der Waals surface area (Å²) in [6.07, 6.45) is 1.07. The molecule has 0 fully saturated rings. The number of nitrogens with zero attached hydrogens (tertiary/aromatic N) is 1. The van der Waals surface area contributed by atoms with Gasteiger partial charge in [-0.15, -0.1) is 0 Å². The van der Waals surface area contributed by atoms with Gasteiger partial charge >= 0.3 is 0 Å². The molecular weight excluding hydrogens is 553 g/mol. The summed E-state index contributed by atoms with van der Waals surface area (Å²) in [6, 6.07) is 22.7. The summed E-state index contributed by atoms with van der Waals surface area (Å²) in [7, 11) is -7.49. The van der Waals surface area contributed by atoms with E-state index in [9.17, 15) is 26.0 Å². The first-order chi connectivity index (χ1) is 18.8. The first-order valence-electron chi connectivity index (χ1n) is 12.2. The Bertz CT molecular complexity index is 1740. The van der Waals surface area contributed by atoms with E-state index in [1.807, 2.05) is 26.0 Å². The number of carbonyl (C=O) groups excluding carboxylic acids is 1. The number of nitrogens with one attached hydrogen (secondary N) is 2. The van der Waals surface area contributed by atoms with Crippen LogP contribution in [0.3, 0.4) is 0 Å². The van der Waals surface area contributed by atoms with E-state index in [2.05, 4.69) is 10.0 Å². The van der Waals surface area contributed by atoms with Gasteiger partial charge in [0.1, 0.15) is 5.82 Å². The molecule has 1 amide bonds. The molecule has 8 nitrogen and oxygen atoms in total. The molecule has 0 aliphatic rings. The highest BCUT2D eigenvalue weighted by Crippen LogP contribution is 2.24. The molecule has 2 N–H and O–H groups in total. The van der Waals surface area contributed by atoms with Crippen molar-refractivity contribution in [3.05, 3.63) is 119 Å². The van der Waals surface area contributed by atoms with Crippen LogP contribution in [-0.2, 0) is 26.6 Å². The zero-order valence-electron chi connectivity index (χ0n) is 22.1. The Labute approximate surface area is 233 Å². The van der Waals surface area contributed by atoms with Gasteiger partial charge in [-0.25, -0.2) is 21.2 Å². The second-order valence-corrected chi connectivity index (χ2v) is 12.9. The van der Waals surface area contributed by atoms with Crippen LogP contribution < -0.4 is 14.3 Å². The number of carbonyl (C=O) groups is 1. The van der Waals surface area contributed by atoms with Gasteiger partial charge in [0.15, 0.2) is 0 Å². The fourth-order valence-corrected chi connectivity index (χ4v) is 6.01. The molecule has 11 heteroatoms. The molecule has 0 saturated carbocycles. The molecular formula is C29H28FN3O5S2. The van der Waals surface area contributed by atoms with Crippen LogP contribution in [0.25, 0.3) is 0 Å². The molecule has 0 unspecified atom stereocenters. The summed E-state index contributed by atoms with van der Waals surface area (Å²) in [4.78, 5) is 12.8. The van der Waals surface area contributed by atoms with E-state index in [1.165, 1.54) is 72.8 Å². The Morgan fingerprint density at radius 3 is 2.02 bits per heavy atom. The second kappa shape index (κ2) is 11.5. The summed E-state index contributed by atoms with van der Waals surface area (Å²) in [5, 5.41) is 2.70. The van der Waals surface area contributed by atoms with Crippen LogP contribution in [0.4, 0.5) is 21.5 Å². The molecule has 0 aliphatic heterocycles. The third-order valence-corrected chi connectivity index (χ3v) is 8.63. The largest absolute Gasteiger partial charge is 0.322 e. The fourth-order valence-electron chi connectivity index (χ4n) is 3.99. The summed E-state index contributed by atoms with van der Waals surface area (Å²) in [5.41, 5.74) is 3.90. The summed E-state index contributed by atoms with van der Waals surface area (Å²) >= 11 is 0. The van der Waals surface area contributed by atoms with Crippen molar-refractivity contribution < 1.29 is 26.0 Å². The molecule has 208 valence electrons. The Morgan fingerprint density at radius 1 is 0.825 bits per heavy atom. The number of rotatable bonds is 9. The molecule has 0 spiro atoms.